The highest BCUT2D eigenvalue weighted by molar-refractivity contribution is 6.07. The number of nitrogens with two attached hydrogens (primary N) is 1. The molecule has 0 spiro atoms. The van der Waals surface area contributed by atoms with Crippen LogP contribution in [-0.2, 0) is 6.42 Å². The smallest absolute Gasteiger partial charge is 0.177 e. The van der Waals surface area contributed by atoms with Gasteiger partial charge in [0.05, 0.1) is 5.71 Å². The van der Waals surface area contributed by atoms with Crippen LogP contribution in [0.5, 0.6) is 0 Å². The lowest BCUT2D eigenvalue weighted by molar-refractivity contribution is 0.818. The molecule has 2 N–H and O–H groups in total. The molecule has 1 fully saturated rings. The number of fused-ring (bicyclic) bond motifs is 1. The molecule has 0 saturated heterocycles. The van der Waals surface area contributed by atoms with E-state index in [4.69, 9.17) is 5.73 Å². The van der Waals surface area contributed by atoms with E-state index in [9.17, 15) is 0 Å². The Balaban J connectivity index is 1.62. The molecule has 4 rings (SSSR count). The fourth-order valence-electron chi connectivity index (χ4n) is 3.37. The van der Waals surface area contributed by atoms with Crippen LogP contribution in [0.2, 0.25) is 0 Å². The van der Waals surface area contributed by atoms with Gasteiger partial charge in [0.1, 0.15) is 5.69 Å². The van der Waals surface area contributed by atoms with Crippen LogP contribution in [0.4, 0.5) is 0 Å². The van der Waals surface area contributed by atoms with E-state index in [1.54, 1.807) is 4.52 Å². The molecule has 1 aliphatic carbocycles. The molecule has 27 heavy (non-hydrogen) atoms. The average molecular weight is 361 g/mol. The summed E-state index contributed by atoms with van der Waals surface area (Å²) >= 11 is 0. The first kappa shape index (κ1) is 17.3. The molecule has 2 atom stereocenters. The summed E-state index contributed by atoms with van der Waals surface area (Å²) in [4.78, 5) is 8.71. The second-order valence-electron chi connectivity index (χ2n) is 6.69. The Bertz CT molecular complexity index is 1000. The van der Waals surface area contributed by atoms with Crippen molar-refractivity contribution in [3.05, 3.63) is 65.5 Å². The highest BCUT2D eigenvalue weighted by atomic mass is 15.4. The number of hydrogen-bond acceptors (Lipinski definition) is 6. The molecule has 0 amide bonds. The van der Waals surface area contributed by atoms with Gasteiger partial charge in [-0.3, -0.25) is 9.98 Å². The third-order valence-corrected chi connectivity index (χ3v) is 4.89. The van der Waals surface area contributed by atoms with Gasteiger partial charge in [-0.05, 0) is 55.2 Å². The average Bonchev–Trinajstić information content (AvgIpc) is 3.41. The summed E-state index contributed by atoms with van der Waals surface area (Å²) in [6, 6.07) is 7.97. The normalized spacial score (nSPS) is 20.2. The standard InChI is InChI=1S/C20H23N7/c1-3-19-24-25-20-6-5-17(26-27(19)20)18(23-4-2)12-16(21)15-11-14(15)13-7-9-22-10-8-13/h5-10,12,14-15H,3-4,11,21H2,1-2H3/b16-12-,23-18?. The predicted molar refractivity (Wildman–Crippen MR) is 105 cm³/mol. The molecule has 0 aliphatic heterocycles. The number of aromatic nitrogens is 5. The van der Waals surface area contributed by atoms with Crippen LogP contribution in [0, 0.1) is 5.92 Å². The summed E-state index contributed by atoms with van der Waals surface area (Å²) in [5.74, 6) is 1.64. The molecule has 0 radical (unpaired) electrons. The molecule has 1 saturated carbocycles. The molecule has 138 valence electrons. The summed E-state index contributed by atoms with van der Waals surface area (Å²) in [7, 11) is 0. The predicted octanol–water partition coefficient (Wildman–Crippen LogP) is 2.54. The van der Waals surface area contributed by atoms with E-state index in [1.165, 1.54) is 5.56 Å². The van der Waals surface area contributed by atoms with Crippen LogP contribution < -0.4 is 5.73 Å². The van der Waals surface area contributed by atoms with Crippen molar-refractivity contribution < 1.29 is 0 Å². The Labute approximate surface area is 158 Å². The minimum Gasteiger partial charge on any atom is -0.402 e. The molecule has 3 heterocycles. The Kier molecular flexibility index (Phi) is 4.66. The van der Waals surface area contributed by atoms with Gasteiger partial charge in [-0.15, -0.1) is 10.2 Å². The zero-order chi connectivity index (χ0) is 18.8. The lowest BCUT2D eigenvalue weighted by Crippen LogP contribution is -2.11. The third kappa shape index (κ3) is 3.45. The first-order valence-electron chi connectivity index (χ1n) is 9.34. The maximum Gasteiger partial charge on any atom is 0.177 e. The molecule has 3 aromatic rings. The van der Waals surface area contributed by atoms with E-state index in [1.807, 2.05) is 44.4 Å². The Morgan fingerprint density at radius 3 is 2.78 bits per heavy atom. The number of hydrogen-bond donors (Lipinski definition) is 1. The van der Waals surface area contributed by atoms with Crippen molar-refractivity contribution in [3.8, 4) is 0 Å². The van der Waals surface area contributed by atoms with Crippen LogP contribution in [0.1, 0.15) is 43.3 Å². The first-order valence-corrected chi connectivity index (χ1v) is 9.34. The lowest BCUT2D eigenvalue weighted by atomic mass is 10.1. The summed E-state index contributed by atoms with van der Waals surface area (Å²) < 4.78 is 1.78. The maximum absolute atomic E-state index is 6.43. The highest BCUT2D eigenvalue weighted by Gasteiger charge is 2.40. The monoisotopic (exact) mass is 361 g/mol. The Morgan fingerprint density at radius 2 is 2.04 bits per heavy atom. The lowest BCUT2D eigenvalue weighted by Gasteiger charge is -2.06. The van der Waals surface area contributed by atoms with Crippen molar-refractivity contribution in [2.24, 2.45) is 16.6 Å². The van der Waals surface area contributed by atoms with E-state index >= 15 is 0 Å². The number of aliphatic imine (C=N–C) groups is 1. The van der Waals surface area contributed by atoms with Gasteiger partial charge in [0, 0.05) is 37.0 Å². The summed E-state index contributed by atoms with van der Waals surface area (Å²) in [5, 5.41) is 13.0. The van der Waals surface area contributed by atoms with Gasteiger partial charge in [-0.25, -0.2) is 0 Å². The van der Waals surface area contributed by atoms with Gasteiger partial charge in [-0.1, -0.05) is 6.92 Å². The van der Waals surface area contributed by atoms with Crippen molar-refractivity contribution in [3.63, 3.8) is 0 Å². The van der Waals surface area contributed by atoms with Gasteiger partial charge in [-0.2, -0.15) is 9.61 Å². The Morgan fingerprint density at radius 1 is 1.22 bits per heavy atom. The van der Waals surface area contributed by atoms with Crippen LogP contribution in [-0.4, -0.2) is 37.1 Å². The van der Waals surface area contributed by atoms with E-state index in [0.717, 1.165) is 41.4 Å². The van der Waals surface area contributed by atoms with Crippen molar-refractivity contribution in [2.45, 2.75) is 32.6 Å². The fourth-order valence-corrected chi connectivity index (χ4v) is 3.37. The van der Waals surface area contributed by atoms with Crippen molar-refractivity contribution in [2.75, 3.05) is 6.54 Å². The SMILES string of the molecule is CCN=C(/C=C(\N)C1CC1c1ccncc1)c1ccc2nnc(CC)n2n1. The van der Waals surface area contributed by atoms with Gasteiger partial charge in [0.25, 0.3) is 0 Å². The topological polar surface area (TPSA) is 94.3 Å². The fraction of sp³-hybridized carbons (Fsp3) is 0.350. The zero-order valence-corrected chi connectivity index (χ0v) is 15.6. The minimum atomic E-state index is 0.347. The molecular weight excluding hydrogens is 338 g/mol. The van der Waals surface area contributed by atoms with Gasteiger partial charge in [0.2, 0.25) is 0 Å². The van der Waals surface area contributed by atoms with Gasteiger partial charge >= 0.3 is 0 Å². The number of aryl methyl sites for hydroxylation is 1. The van der Waals surface area contributed by atoms with Crippen LogP contribution >= 0.6 is 0 Å². The second-order valence-corrected chi connectivity index (χ2v) is 6.69. The second kappa shape index (κ2) is 7.26. The van der Waals surface area contributed by atoms with E-state index in [0.29, 0.717) is 18.4 Å². The Hall–Kier alpha value is -3.09. The van der Waals surface area contributed by atoms with Crippen molar-refractivity contribution >= 4 is 11.4 Å². The van der Waals surface area contributed by atoms with Crippen molar-refractivity contribution in [1.82, 2.24) is 24.8 Å². The van der Waals surface area contributed by atoms with Crippen LogP contribution in [0.3, 0.4) is 0 Å². The molecule has 0 bridgehead atoms. The van der Waals surface area contributed by atoms with Gasteiger partial charge in [0.15, 0.2) is 11.5 Å². The summed E-state index contributed by atoms with van der Waals surface area (Å²) in [6.45, 7) is 4.71. The van der Waals surface area contributed by atoms with Crippen LogP contribution in [0.25, 0.3) is 5.65 Å². The number of rotatable bonds is 6. The quantitative estimate of drug-likeness (QED) is 0.681. The maximum atomic E-state index is 6.43. The van der Waals surface area contributed by atoms with Gasteiger partial charge < -0.3 is 5.73 Å². The number of pyridine rings is 1. The minimum absolute atomic E-state index is 0.347. The van der Waals surface area contributed by atoms with Crippen molar-refractivity contribution in [1.29, 1.82) is 0 Å². The molecule has 7 heteroatoms. The largest absolute Gasteiger partial charge is 0.402 e. The molecule has 1 aliphatic rings. The molecule has 2 unspecified atom stereocenters. The van der Waals surface area contributed by atoms with E-state index in [2.05, 4.69) is 37.4 Å². The van der Waals surface area contributed by atoms with E-state index < -0.39 is 0 Å². The van der Waals surface area contributed by atoms with Crippen LogP contribution in [0.15, 0.2) is 53.4 Å². The number of allylic oxidation sites excluding steroid dienone is 2. The first-order chi connectivity index (χ1) is 13.2. The zero-order valence-electron chi connectivity index (χ0n) is 15.6. The highest BCUT2D eigenvalue weighted by Crippen LogP contribution is 2.50. The summed E-state index contributed by atoms with van der Waals surface area (Å²) in [5.41, 5.74) is 10.9. The third-order valence-electron chi connectivity index (χ3n) is 4.89. The molecule has 7 nitrogen and oxygen atoms in total. The molecule has 0 aromatic carbocycles. The molecular formula is C20H23N7. The summed E-state index contributed by atoms with van der Waals surface area (Å²) in [6.07, 6.45) is 7.46. The number of nitrogens with zero attached hydrogens (tertiary/aromatic N) is 6. The molecule has 3 aromatic heterocycles. The van der Waals surface area contributed by atoms with E-state index in [-0.39, 0.29) is 0 Å².